The second-order valence-electron chi connectivity index (χ2n) is 5.69. The summed E-state index contributed by atoms with van der Waals surface area (Å²) in [5.41, 5.74) is 5.03. The molecule has 3 amide bonds. The summed E-state index contributed by atoms with van der Waals surface area (Å²) in [6, 6.07) is -0.733. The van der Waals surface area contributed by atoms with E-state index in [2.05, 4.69) is 11.9 Å². The molecule has 1 fully saturated rings. The number of primary amides is 1. The van der Waals surface area contributed by atoms with Crippen molar-refractivity contribution in [1.29, 1.82) is 0 Å². The van der Waals surface area contributed by atoms with Crippen LogP contribution in [0, 0.1) is 0 Å². The van der Waals surface area contributed by atoms with Crippen molar-refractivity contribution in [3.63, 3.8) is 0 Å². The summed E-state index contributed by atoms with van der Waals surface area (Å²) in [6.07, 6.45) is 6.57. The molecule has 7 nitrogen and oxygen atoms in total. The van der Waals surface area contributed by atoms with Gasteiger partial charge in [0.25, 0.3) is 0 Å². The molecule has 2 atom stereocenters. The molecule has 1 rings (SSSR count). The van der Waals surface area contributed by atoms with E-state index in [-0.39, 0.29) is 37.6 Å². The molecular formula is C17H24ClN3O4. The molecule has 1 saturated heterocycles. The Kier molecular flexibility index (Phi) is 8.94. The number of likely N-dealkylation sites (tertiary alicyclic amines) is 1. The van der Waals surface area contributed by atoms with E-state index in [1.807, 2.05) is 6.08 Å². The monoisotopic (exact) mass is 369 g/mol. The van der Waals surface area contributed by atoms with Gasteiger partial charge in [-0.1, -0.05) is 30.3 Å². The largest absolute Gasteiger partial charge is 0.391 e. The van der Waals surface area contributed by atoms with Crippen LogP contribution in [-0.4, -0.2) is 53.0 Å². The average molecular weight is 370 g/mol. The van der Waals surface area contributed by atoms with E-state index in [1.165, 1.54) is 4.90 Å². The zero-order chi connectivity index (χ0) is 18.8. The van der Waals surface area contributed by atoms with Gasteiger partial charge in [0.1, 0.15) is 6.04 Å². The van der Waals surface area contributed by atoms with Gasteiger partial charge < -0.3 is 21.1 Å². The first kappa shape index (κ1) is 20.9. The Bertz CT molecular complexity index is 574. The number of nitrogens with one attached hydrogen (secondary N) is 1. The molecule has 8 heteroatoms. The summed E-state index contributed by atoms with van der Waals surface area (Å²) >= 11 is 5.86. The zero-order valence-corrected chi connectivity index (χ0v) is 14.7. The predicted molar refractivity (Wildman–Crippen MR) is 95.5 cm³/mol. The maximum atomic E-state index is 12.3. The molecule has 25 heavy (non-hydrogen) atoms. The third-order valence-electron chi connectivity index (χ3n) is 3.65. The number of aliphatic hydroxyl groups excluding tert-OH is 1. The number of amides is 3. The number of carbonyl (C=O) groups is 3. The standard InChI is InChI=1S/C17H24ClN3O4/c1-2-5-12(18)6-3-4-9-20-17(25)14-10-13(22)11-21(14)16(24)8-7-15(19)23/h2-3,5-6,13-14,22H,1,4,7-11H2,(H2,19,23)(H,20,25)/b6-3-,12-5+/t13-,14+/m1/s1. The number of rotatable bonds is 9. The van der Waals surface area contributed by atoms with Gasteiger partial charge in [-0.05, 0) is 18.6 Å². The third kappa shape index (κ3) is 7.53. The minimum Gasteiger partial charge on any atom is -0.391 e. The number of allylic oxidation sites excluding steroid dienone is 4. The van der Waals surface area contributed by atoms with Crippen molar-refractivity contribution in [3.8, 4) is 0 Å². The molecule has 0 spiro atoms. The molecule has 0 aliphatic carbocycles. The number of hydrogen-bond acceptors (Lipinski definition) is 4. The van der Waals surface area contributed by atoms with Crippen LogP contribution in [0.4, 0.5) is 0 Å². The van der Waals surface area contributed by atoms with Crippen LogP contribution in [0.25, 0.3) is 0 Å². The third-order valence-corrected chi connectivity index (χ3v) is 3.90. The van der Waals surface area contributed by atoms with Crippen LogP contribution in [0.1, 0.15) is 25.7 Å². The molecule has 0 aromatic rings. The number of nitrogens with zero attached hydrogens (tertiary/aromatic N) is 1. The molecular weight excluding hydrogens is 346 g/mol. The van der Waals surface area contributed by atoms with Crippen molar-refractivity contribution >= 4 is 29.3 Å². The molecule has 0 bridgehead atoms. The Morgan fingerprint density at radius 1 is 1.36 bits per heavy atom. The quantitative estimate of drug-likeness (QED) is 0.407. The van der Waals surface area contributed by atoms with Gasteiger partial charge in [-0.2, -0.15) is 0 Å². The van der Waals surface area contributed by atoms with Crippen LogP contribution in [0.5, 0.6) is 0 Å². The molecule has 0 aromatic heterocycles. The summed E-state index contributed by atoms with van der Waals surface area (Å²) in [6.45, 7) is 3.99. The number of carbonyl (C=O) groups excluding carboxylic acids is 3. The van der Waals surface area contributed by atoms with Gasteiger partial charge in [0, 0.05) is 37.4 Å². The van der Waals surface area contributed by atoms with Crippen molar-refractivity contribution in [2.75, 3.05) is 13.1 Å². The highest BCUT2D eigenvalue weighted by Gasteiger charge is 2.38. The topological polar surface area (TPSA) is 113 Å². The number of halogens is 1. The van der Waals surface area contributed by atoms with Crippen LogP contribution in [0.2, 0.25) is 0 Å². The van der Waals surface area contributed by atoms with Crippen LogP contribution in [0.15, 0.2) is 35.9 Å². The predicted octanol–water partition coefficient (Wildman–Crippen LogP) is 0.585. The van der Waals surface area contributed by atoms with E-state index < -0.39 is 18.1 Å². The Balaban J connectivity index is 2.49. The lowest BCUT2D eigenvalue weighted by Gasteiger charge is -2.23. The van der Waals surface area contributed by atoms with Crippen molar-refractivity contribution in [1.82, 2.24) is 10.2 Å². The Morgan fingerprint density at radius 3 is 2.72 bits per heavy atom. The van der Waals surface area contributed by atoms with E-state index in [0.717, 1.165) is 0 Å². The Morgan fingerprint density at radius 2 is 2.08 bits per heavy atom. The Labute approximate surface area is 152 Å². The van der Waals surface area contributed by atoms with Gasteiger partial charge in [0.05, 0.1) is 6.10 Å². The minimum atomic E-state index is -0.754. The zero-order valence-electron chi connectivity index (χ0n) is 14.0. The van der Waals surface area contributed by atoms with E-state index in [9.17, 15) is 19.5 Å². The van der Waals surface area contributed by atoms with Crippen LogP contribution < -0.4 is 11.1 Å². The van der Waals surface area contributed by atoms with Gasteiger partial charge in [-0.3, -0.25) is 14.4 Å². The summed E-state index contributed by atoms with van der Waals surface area (Å²) in [4.78, 5) is 36.5. The van der Waals surface area contributed by atoms with Gasteiger partial charge in [-0.25, -0.2) is 0 Å². The fourth-order valence-electron chi connectivity index (χ4n) is 2.47. The van der Waals surface area contributed by atoms with E-state index in [0.29, 0.717) is 18.0 Å². The first-order valence-electron chi connectivity index (χ1n) is 8.03. The first-order valence-corrected chi connectivity index (χ1v) is 8.41. The van der Waals surface area contributed by atoms with Crippen molar-refractivity contribution in [2.45, 2.75) is 37.8 Å². The molecule has 1 aliphatic heterocycles. The van der Waals surface area contributed by atoms with E-state index >= 15 is 0 Å². The van der Waals surface area contributed by atoms with Crippen LogP contribution in [0.3, 0.4) is 0 Å². The van der Waals surface area contributed by atoms with Crippen molar-refractivity contribution in [3.05, 3.63) is 35.9 Å². The molecule has 0 aromatic carbocycles. The number of aliphatic hydroxyl groups is 1. The molecule has 0 unspecified atom stereocenters. The molecule has 138 valence electrons. The number of nitrogens with two attached hydrogens (primary N) is 1. The molecule has 1 heterocycles. The highest BCUT2D eigenvalue weighted by Crippen LogP contribution is 2.19. The lowest BCUT2D eigenvalue weighted by Crippen LogP contribution is -2.46. The second kappa shape index (κ2) is 10.7. The SMILES string of the molecule is C=C/C=C(Cl)\C=C/CCNC(=O)[C@@H]1C[C@@H](O)CN1C(=O)CCC(N)=O. The lowest BCUT2D eigenvalue weighted by molar-refractivity contribution is -0.139. The second-order valence-corrected chi connectivity index (χ2v) is 6.12. The highest BCUT2D eigenvalue weighted by atomic mass is 35.5. The maximum absolute atomic E-state index is 12.3. The van der Waals surface area contributed by atoms with Gasteiger partial charge in [0.2, 0.25) is 17.7 Å². The normalized spacial score (nSPS) is 20.7. The van der Waals surface area contributed by atoms with Crippen molar-refractivity contribution < 1.29 is 19.5 Å². The molecule has 0 radical (unpaired) electrons. The highest BCUT2D eigenvalue weighted by molar-refractivity contribution is 6.31. The smallest absolute Gasteiger partial charge is 0.242 e. The summed E-state index contributed by atoms with van der Waals surface area (Å²) in [7, 11) is 0. The van der Waals surface area contributed by atoms with Crippen molar-refractivity contribution in [2.24, 2.45) is 5.73 Å². The molecule has 1 aliphatic rings. The average Bonchev–Trinajstić information content (AvgIpc) is 2.94. The van der Waals surface area contributed by atoms with Gasteiger partial charge in [0.15, 0.2) is 0 Å². The van der Waals surface area contributed by atoms with E-state index in [1.54, 1.807) is 18.2 Å². The minimum absolute atomic E-state index is 0.0668. The van der Waals surface area contributed by atoms with Crippen LogP contribution in [-0.2, 0) is 14.4 Å². The maximum Gasteiger partial charge on any atom is 0.242 e. The summed E-state index contributed by atoms with van der Waals surface area (Å²) < 4.78 is 0. The van der Waals surface area contributed by atoms with Gasteiger partial charge >= 0.3 is 0 Å². The number of hydrogen-bond donors (Lipinski definition) is 3. The molecule has 0 saturated carbocycles. The fraction of sp³-hybridized carbons (Fsp3) is 0.471. The molecule has 4 N–H and O–H groups in total. The van der Waals surface area contributed by atoms with E-state index in [4.69, 9.17) is 17.3 Å². The van der Waals surface area contributed by atoms with Gasteiger partial charge in [-0.15, -0.1) is 0 Å². The summed E-state index contributed by atoms with van der Waals surface area (Å²) in [5.74, 6) is -1.27. The lowest BCUT2D eigenvalue weighted by atomic mass is 10.1. The first-order chi connectivity index (χ1) is 11.8. The van der Waals surface area contributed by atoms with Crippen LogP contribution >= 0.6 is 11.6 Å². The Hall–Kier alpha value is -2.12. The fourth-order valence-corrected chi connectivity index (χ4v) is 2.65. The summed E-state index contributed by atoms with van der Waals surface area (Å²) in [5, 5.41) is 13.0. The number of β-amino-alcohol motifs (C(OH)–C–C–N with tert-alkyl or cyclic N) is 1.